The van der Waals surface area contributed by atoms with Crippen LogP contribution in [0.5, 0.6) is 0 Å². The fourth-order valence-electron chi connectivity index (χ4n) is 2.98. The van der Waals surface area contributed by atoms with Gasteiger partial charge in [-0.25, -0.2) is 8.42 Å². The zero-order valence-corrected chi connectivity index (χ0v) is 14.7. The Hall–Kier alpha value is -0.860. The van der Waals surface area contributed by atoms with Gasteiger partial charge in [0.1, 0.15) is 0 Å². The van der Waals surface area contributed by atoms with Gasteiger partial charge in [0.05, 0.1) is 42.0 Å². The Bertz CT molecular complexity index is 545. The first-order valence-corrected chi connectivity index (χ1v) is 10.1. The van der Waals surface area contributed by atoms with E-state index >= 15 is 0 Å². The summed E-state index contributed by atoms with van der Waals surface area (Å²) in [5, 5.41) is 2.13. The Morgan fingerprint density at radius 2 is 1.91 bits per heavy atom. The maximum Gasteiger partial charge on any atom is 0.309 e. The van der Waals surface area contributed by atoms with Crippen molar-refractivity contribution in [2.75, 3.05) is 37.7 Å². The molecule has 1 N–H and O–H groups in total. The number of carbonyl (C=O) groups excluding carboxylic acids is 2. The molecule has 2 aliphatic rings. The molecule has 0 aromatic rings. The quantitative estimate of drug-likeness (QED) is 0.534. The molecule has 0 unspecified atom stereocenters. The molecule has 132 valence electrons. The number of nitrogens with zero attached hydrogens (tertiary/aromatic N) is 1. The fraction of sp³-hybridized carbons (Fsp3) is 0.857. The highest BCUT2D eigenvalue weighted by Gasteiger charge is 2.37. The van der Waals surface area contributed by atoms with Crippen LogP contribution in [0.25, 0.3) is 0 Å². The van der Waals surface area contributed by atoms with E-state index < -0.39 is 21.3 Å². The molecule has 2 fully saturated rings. The third-order valence-electron chi connectivity index (χ3n) is 4.20. The minimum atomic E-state index is -3.16. The molecule has 0 bridgehead atoms. The van der Waals surface area contributed by atoms with Gasteiger partial charge < -0.3 is 10.1 Å². The van der Waals surface area contributed by atoms with Crippen LogP contribution >= 0.6 is 11.6 Å². The van der Waals surface area contributed by atoms with E-state index in [4.69, 9.17) is 16.3 Å². The lowest BCUT2D eigenvalue weighted by atomic mass is 9.97. The minimum Gasteiger partial charge on any atom is -0.466 e. The van der Waals surface area contributed by atoms with Crippen molar-refractivity contribution in [2.45, 2.75) is 31.2 Å². The molecule has 0 saturated carbocycles. The van der Waals surface area contributed by atoms with Crippen LogP contribution in [-0.4, -0.2) is 74.4 Å². The van der Waals surface area contributed by atoms with Gasteiger partial charge >= 0.3 is 5.97 Å². The SMILES string of the molecule is CCOC(=O)C1CCN(CC(=O)N[C@H]2CS(=O)(=O)C[C@@H]2Cl)CC1. The molecule has 2 atom stereocenters. The average Bonchev–Trinajstić information content (AvgIpc) is 2.72. The Morgan fingerprint density at radius 3 is 2.43 bits per heavy atom. The van der Waals surface area contributed by atoms with Crippen LogP contribution in [0.4, 0.5) is 0 Å². The monoisotopic (exact) mass is 366 g/mol. The Morgan fingerprint density at radius 1 is 1.26 bits per heavy atom. The molecular formula is C14H23ClN2O5S. The summed E-state index contributed by atoms with van der Waals surface area (Å²) in [6, 6.07) is -0.522. The minimum absolute atomic E-state index is 0.0928. The van der Waals surface area contributed by atoms with Crippen LogP contribution in [-0.2, 0) is 24.2 Å². The third kappa shape index (κ3) is 5.32. The molecule has 2 saturated heterocycles. The summed E-state index contributed by atoms with van der Waals surface area (Å²) < 4.78 is 28.0. The number of nitrogens with one attached hydrogen (secondary N) is 1. The molecule has 7 nitrogen and oxygen atoms in total. The number of hydrogen-bond acceptors (Lipinski definition) is 6. The Balaban J connectivity index is 1.74. The van der Waals surface area contributed by atoms with Crippen LogP contribution in [0.3, 0.4) is 0 Å². The van der Waals surface area contributed by atoms with E-state index in [0.717, 1.165) is 0 Å². The molecule has 0 aromatic carbocycles. The number of halogens is 1. The van der Waals surface area contributed by atoms with Gasteiger partial charge in [0.25, 0.3) is 0 Å². The maximum absolute atomic E-state index is 12.0. The fourth-order valence-corrected chi connectivity index (χ4v) is 5.53. The highest BCUT2D eigenvalue weighted by Crippen LogP contribution is 2.20. The van der Waals surface area contributed by atoms with Crippen LogP contribution in [0.1, 0.15) is 19.8 Å². The molecular weight excluding hydrogens is 344 g/mol. The van der Waals surface area contributed by atoms with Crippen molar-refractivity contribution in [3.05, 3.63) is 0 Å². The number of ether oxygens (including phenoxy) is 1. The third-order valence-corrected chi connectivity index (χ3v) is 6.58. The molecule has 2 heterocycles. The number of sulfone groups is 1. The van der Waals surface area contributed by atoms with Gasteiger partial charge in [-0.1, -0.05) is 0 Å². The van der Waals surface area contributed by atoms with E-state index in [1.54, 1.807) is 6.92 Å². The van der Waals surface area contributed by atoms with Crippen molar-refractivity contribution >= 4 is 33.3 Å². The van der Waals surface area contributed by atoms with E-state index in [1.165, 1.54) is 0 Å². The van der Waals surface area contributed by atoms with Gasteiger partial charge in [-0.3, -0.25) is 14.5 Å². The van der Waals surface area contributed by atoms with Gasteiger partial charge in [-0.2, -0.15) is 0 Å². The second-order valence-electron chi connectivity index (χ2n) is 6.07. The van der Waals surface area contributed by atoms with Crippen LogP contribution < -0.4 is 5.32 Å². The number of carbonyl (C=O) groups is 2. The van der Waals surface area contributed by atoms with Crippen molar-refractivity contribution in [3.63, 3.8) is 0 Å². The Kier molecular flexibility index (Phi) is 6.27. The van der Waals surface area contributed by atoms with Crippen molar-refractivity contribution in [1.29, 1.82) is 0 Å². The number of amides is 1. The molecule has 0 aliphatic carbocycles. The zero-order chi connectivity index (χ0) is 17.0. The molecule has 9 heteroatoms. The zero-order valence-electron chi connectivity index (χ0n) is 13.2. The largest absolute Gasteiger partial charge is 0.466 e. The van der Waals surface area contributed by atoms with E-state index in [2.05, 4.69) is 5.32 Å². The van der Waals surface area contributed by atoms with Crippen molar-refractivity contribution < 1.29 is 22.7 Å². The number of hydrogen-bond donors (Lipinski definition) is 1. The predicted octanol–water partition coefficient (Wildman–Crippen LogP) is -0.218. The van der Waals surface area contributed by atoms with Gasteiger partial charge in [0, 0.05) is 0 Å². The highest BCUT2D eigenvalue weighted by atomic mass is 35.5. The predicted molar refractivity (Wildman–Crippen MR) is 86.0 cm³/mol. The van der Waals surface area contributed by atoms with Gasteiger partial charge in [0.15, 0.2) is 9.84 Å². The molecule has 2 rings (SSSR count). The lowest BCUT2D eigenvalue weighted by Crippen LogP contribution is -2.47. The summed E-state index contributed by atoms with van der Waals surface area (Å²) in [5.41, 5.74) is 0. The first-order valence-electron chi connectivity index (χ1n) is 7.83. The van der Waals surface area contributed by atoms with Crippen molar-refractivity contribution in [2.24, 2.45) is 5.92 Å². The van der Waals surface area contributed by atoms with E-state index in [0.29, 0.717) is 32.5 Å². The summed E-state index contributed by atoms with van der Waals surface area (Å²) in [6.07, 6.45) is 1.34. The van der Waals surface area contributed by atoms with E-state index in [9.17, 15) is 18.0 Å². The molecule has 2 aliphatic heterocycles. The van der Waals surface area contributed by atoms with Crippen LogP contribution in [0, 0.1) is 5.92 Å². The average molecular weight is 367 g/mol. The van der Waals surface area contributed by atoms with Gasteiger partial charge in [-0.15, -0.1) is 11.6 Å². The summed E-state index contributed by atoms with van der Waals surface area (Å²) >= 11 is 5.97. The first-order chi connectivity index (χ1) is 10.8. The first kappa shape index (κ1) is 18.5. The van der Waals surface area contributed by atoms with Crippen molar-refractivity contribution in [1.82, 2.24) is 10.2 Å². The Labute approximate surface area is 141 Å². The van der Waals surface area contributed by atoms with Gasteiger partial charge in [0.2, 0.25) is 5.91 Å². The second-order valence-corrected chi connectivity index (χ2v) is 8.78. The maximum atomic E-state index is 12.0. The summed E-state index contributed by atoms with van der Waals surface area (Å²) in [7, 11) is -3.16. The summed E-state index contributed by atoms with van der Waals surface area (Å²) in [6.45, 7) is 3.64. The number of piperidine rings is 1. The smallest absolute Gasteiger partial charge is 0.309 e. The van der Waals surface area contributed by atoms with Gasteiger partial charge in [-0.05, 0) is 32.9 Å². The van der Waals surface area contributed by atoms with Crippen molar-refractivity contribution in [3.8, 4) is 0 Å². The second kappa shape index (κ2) is 7.81. The molecule has 1 amide bonds. The standard InChI is InChI=1S/C14H23ClN2O5S/c1-2-22-14(19)10-3-5-17(6-4-10)7-13(18)16-12-9-23(20,21)8-11(12)15/h10-12H,2-9H2,1H3,(H,16,18)/t11-,12-/m0/s1. The molecule has 23 heavy (non-hydrogen) atoms. The topological polar surface area (TPSA) is 92.8 Å². The van der Waals surface area contributed by atoms with Crippen LogP contribution in [0.15, 0.2) is 0 Å². The number of esters is 1. The van der Waals surface area contributed by atoms with E-state index in [1.807, 2.05) is 4.90 Å². The number of rotatable bonds is 5. The summed E-state index contributed by atoms with van der Waals surface area (Å²) in [5.74, 6) is -0.686. The van der Waals surface area contributed by atoms with E-state index in [-0.39, 0.29) is 35.8 Å². The number of likely N-dealkylation sites (tertiary alicyclic amines) is 1. The lowest BCUT2D eigenvalue weighted by molar-refractivity contribution is -0.149. The molecule has 0 spiro atoms. The normalized spacial score (nSPS) is 28.4. The summed E-state index contributed by atoms with van der Waals surface area (Å²) in [4.78, 5) is 25.7. The lowest BCUT2D eigenvalue weighted by Gasteiger charge is -2.30. The van der Waals surface area contributed by atoms with Crippen LogP contribution in [0.2, 0.25) is 0 Å². The molecule has 0 aromatic heterocycles. The highest BCUT2D eigenvalue weighted by molar-refractivity contribution is 7.91. The number of alkyl halides is 1. The molecule has 0 radical (unpaired) electrons.